The Hall–Kier alpha value is -1.56. The number of hydrogen-bond donors (Lipinski definition) is 0. The molecule has 0 bridgehead atoms. The summed E-state index contributed by atoms with van der Waals surface area (Å²) in [5.41, 5.74) is 1.42. The van der Waals surface area contributed by atoms with E-state index < -0.39 is 0 Å². The fourth-order valence-corrected chi connectivity index (χ4v) is 2.40. The van der Waals surface area contributed by atoms with Gasteiger partial charge in [-0.25, -0.2) is 0 Å². The van der Waals surface area contributed by atoms with Gasteiger partial charge in [0.05, 0.1) is 0 Å². The first-order valence-corrected chi connectivity index (χ1v) is 6.47. The van der Waals surface area contributed by atoms with E-state index in [9.17, 15) is 0 Å². The van der Waals surface area contributed by atoms with E-state index in [0.717, 1.165) is 0 Å². The maximum atomic E-state index is 4.00. The summed E-state index contributed by atoms with van der Waals surface area (Å²) in [6.45, 7) is 6.24. The number of unbranched alkanes of at least 4 members (excludes halogenated alkanes) is 1. The molecule has 0 aliphatic heterocycles. The van der Waals surface area contributed by atoms with Gasteiger partial charge in [0.25, 0.3) is 0 Å². The van der Waals surface area contributed by atoms with Crippen LogP contribution in [-0.4, -0.2) is 0 Å². The van der Waals surface area contributed by atoms with Crippen LogP contribution in [-0.2, 0) is 0 Å². The normalized spacial score (nSPS) is 12.5. The Bertz CT molecular complexity index is 491. The van der Waals surface area contributed by atoms with Crippen LogP contribution < -0.4 is 0 Å². The second-order valence-electron chi connectivity index (χ2n) is 4.55. The van der Waals surface area contributed by atoms with Gasteiger partial charge in [-0.05, 0) is 22.8 Å². The average Bonchev–Trinajstić information content (AvgIpc) is 2.40. The fraction of sp³-hybridized carbons (Fsp3) is 0.294. The minimum atomic E-state index is 0.487. The van der Waals surface area contributed by atoms with Gasteiger partial charge in [-0.3, -0.25) is 0 Å². The molecule has 0 aromatic heterocycles. The van der Waals surface area contributed by atoms with Crippen molar-refractivity contribution >= 4 is 10.8 Å². The summed E-state index contributed by atoms with van der Waals surface area (Å²) in [6, 6.07) is 15.2. The molecule has 2 rings (SSSR count). The molecule has 0 aliphatic rings. The largest absolute Gasteiger partial charge is 0.102 e. The molecular weight excluding hydrogens is 204 g/mol. The van der Waals surface area contributed by atoms with Crippen molar-refractivity contribution in [3.63, 3.8) is 0 Å². The molecule has 0 amide bonds. The third-order valence-corrected chi connectivity index (χ3v) is 3.38. The van der Waals surface area contributed by atoms with Crippen LogP contribution in [0.5, 0.6) is 0 Å². The van der Waals surface area contributed by atoms with E-state index in [1.54, 1.807) is 0 Å². The summed E-state index contributed by atoms with van der Waals surface area (Å²) >= 11 is 0. The maximum absolute atomic E-state index is 4.00. The van der Waals surface area contributed by atoms with E-state index >= 15 is 0 Å². The molecule has 2 aromatic carbocycles. The monoisotopic (exact) mass is 224 g/mol. The lowest BCUT2D eigenvalue weighted by Gasteiger charge is -2.15. The van der Waals surface area contributed by atoms with Crippen LogP contribution in [0.1, 0.15) is 37.7 Å². The van der Waals surface area contributed by atoms with Crippen molar-refractivity contribution in [2.75, 3.05) is 0 Å². The highest BCUT2D eigenvalue weighted by atomic mass is 14.1. The van der Waals surface area contributed by atoms with Gasteiger partial charge in [-0.15, -0.1) is 6.58 Å². The van der Waals surface area contributed by atoms with E-state index in [1.807, 2.05) is 0 Å². The molecular formula is C17H20. The van der Waals surface area contributed by atoms with Crippen molar-refractivity contribution in [2.45, 2.75) is 32.1 Å². The van der Waals surface area contributed by atoms with Crippen LogP contribution in [0, 0.1) is 0 Å². The molecule has 0 aliphatic carbocycles. The fourth-order valence-electron chi connectivity index (χ4n) is 2.40. The molecule has 0 N–H and O–H groups in total. The van der Waals surface area contributed by atoms with Crippen molar-refractivity contribution < 1.29 is 0 Å². The van der Waals surface area contributed by atoms with E-state index in [-0.39, 0.29) is 0 Å². The second kappa shape index (κ2) is 5.67. The number of hydrogen-bond acceptors (Lipinski definition) is 0. The summed E-state index contributed by atoms with van der Waals surface area (Å²) in [5.74, 6) is 0.487. The van der Waals surface area contributed by atoms with Crippen LogP contribution in [0.2, 0.25) is 0 Å². The molecule has 17 heavy (non-hydrogen) atoms. The van der Waals surface area contributed by atoms with Crippen LogP contribution in [0.3, 0.4) is 0 Å². The van der Waals surface area contributed by atoms with Crippen molar-refractivity contribution in [2.24, 2.45) is 0 Å². The molecule has 1 atom stereocenters. The zero-order valence-corrected chi connectivity index (χ0v) is 10.5. The zero-order valence-electron chi connectivity index (χ0n) is 10.5. The Morgan fingerprint density at radius 2 is 1.88 bits per heavy atom. The van der Waals surface area contributed by atoms with Gasteiger partial charge >= 0.3 is 0 Å². The van der Waals surface area contributed by atoms with Crippen molar-refractivity contribution in [1.82, 2.24) is 0 Å². The van der Waals surface area contributed by atoms with Crippen LogP contribution >= 0.6 is 0 Å². The van der Waals surface area contributed by atoms with Gasteiger partial charge in [0, 0.05) is 5.92 Å². The topological polar surface area (TPSA) is 0 Å². The molecule has 0 nitrogen and oxygen atoms in total. The summed E-state index contributed by atoms with van der Waals surface area (Å²) in [5, 5.41) is 2.70. The van der Waals surface area contributed by atoms with Gasteiger partial charge in [0.15, 0.2) is 0 Å². The first-order chi connectivity index (χ1) is 8.36. The standard InChI is InChI=1S/C17H20/c1-3-5-9-14(4-2)16-13-8-11-15-10-6-7-12-17(15)16/h4,6-8,10-14H,2-3,5,9H2,1H3/t14-/m1/s1. The van der Waals surface area contributed by atoms with E-state index in [0.29, 0.717) is 5.92 Å². The molecule has 0 saturated heterocycles. The minimum absolute atomic E-state index is 0.487. The lowest BCUT2D eigenvalue weighted by molar-refractivity contribution is 0.667. The van der Waals surface area contributed by atoms with Crippen LogP contribution in [0.25, 0.3) is 10.8 Å². The number of rotatable bonds is 5. The molecule has 0 spiro atoms. The van der Waals surface area contributed by atoms with Crippen LogP contribution in [0.15, 0.2) is 55.1 Å². The number of fused-ring (bicyclic) bond motifs is 1. The van der Waals surface area contributed by atoms with Gasteiger partial charge in [-0.1, -0.05) is 68.3 Å². The third kappa shape index (κ3) is 2.58. The third-order valence-electron chi connectivity index (χ3n) is 3.38. The predicted octanol–water partition coefficient (Wildman–Crippen LogP) is 5.30. The van der Waals surface area contributed by atoms with Gasteiger partial charge in [0.2, 0.25) is 0 Å². The highest BCUT2D eigenvalue weighted by molar-refractivity contribution is 5.86. The zero-order chi connectivity index (χ0) is 12.1. The highest BCUT2D eigenvalue weighted by Crippen LogP contribution is 2.29. The van der Waals surface area contributed by atoms with Gasteiger partial charge < -0.3 is 0 Å². The van der Waals surface area contributed by atoms with Gasteiger partial charge in [0.1, 0.15) is 0 Å². The second-order valence-corrected chi connectivity index (χ2v) is 4.55. The molecule has 0 heterocycles. The smallest absolute Gasteiger partial charge is 0.00214 e. The SMILES string of the molecule is C=C[C@H](CCCC)c1cccc2ccccc12. The average molecular weight is 224 g/mol. The molecule has 88 valence electrons. The van der Waals surface area contributed by atoms with Crippen molar-refractivity contribution in [3.05, 3.63) is 60.7 Å². The first kappa shape index (κ1) is 11.9. The van der Waals surface area contributed by atoms with E-state index in [2.05, 4.69) is 62.0 Å². The first-order valence-electron chi connectivity index (χ1n) is 6.47. The van der Waals surface area contributed by atoms with Gasteiger partial charge in [-0.2, -0.15) is 0 Å². The van der Waals surface area contributed by atoms with Crippen LogP contribution in [0.4, 0.5) is 0 Å². The minimum Gasteiger partial charge on any atom is -0.102 e. The predicted molar refractivity (Wildman–Crippen MR) is 76.4 cm³/mol. The van der Waals surface area contributed by atoms with E-state index in [4.69, 9.17) is 0 Å². The molecule has 0 heteroatoms. The molecule has 0 fully saturated rings. The molecule has 0 unspecified atom stereocenters. The summed E-state index contributed by atoms with van der Waals surface area (Å²) in [7, 11) is 0. The molecule has 2 aromatic rings. The summed E-state index contributed by atoms with van der Waals surface area (Å²) in [4.78, 5) is 0. The van der Waals surface area contributed by atoms with E-state index in [1.165, 1.54) is 35.6 Å². The number of allylic oxidation sites excluding steroid dienone is 1. The Morgan fingerprint density at radius 3 is 2.65 bits per heavy atom. The molecule has 0 saturated carbocycles. The van der Waals surface area contributed by atoms with Crippen molar-refractivity contribution in [1.29, 1.82) is 0 Å². The lowest BCUT2D eigenvalue weighted by atomic mass is 9.90. The molecule has 0 radical (unpaired) electrons. The Labute approximate surface area is 104 Å². The Balaban J connectivity index is 2.42. The quantitative estimate of drug-likeness (QED) is 0.604. The summed E-state index contributed by atoms with van der Waals surface area (Å²) in [6.07, 6.45) is 5.81. The lowest BCUT2D eigenvalue weighted by Crippen LogP contribution is -1.96. The highest BCUT2D eigenvalue weighted by Gasteiger charge is 2.09. The number of benzene rings is 2. The Kier molecular flexibility index (Phi) is 3.98. The summed E-state index contributed by atoms with van der Waals surface area (Å²) < 4.78 is 0. The maximum Gasteiger partial charge on any atom is 0.00214 e. The Morgan fingerprint density at radius 1 is 1.12 bits per heavy atom. The van der Waals surface area contributed by atoms with Crippen molar-refractivity contribution in [3.8, 4) is 0 Å².